The van der Waals surface area contributed by atoms with Crippen molar-refractivity contribution in [3.05, 3.63) is 30.1 Å². The molecule has 2 heterocycles. The fourth-order valence-electron chi connectivity index (χ4n) is 2.98. The number of hydrogen-bond acceptors (Lipinski definition) is 4. The van der Waals surface area contributed by atoms with E-state index in [1.807, 2.05) is 24.3 Å². The maximum atomic E-state index is 11.8. The molecule has 0 bridgehead atoms. The van der Waals surface area contributed by atoms with E-state index in [-0.39, 0.29) is 18.2 Å². The molecule has 132 valence electrons. The molecule has 3 rings (SSSR count). The topological polar surface area (TPSA) is 88.9 Å². The van der Waals surface area contributed by atoms with Gasteiger partial charge in [-0.05, 0) is 37.1 Å². The van der Waals surface area contributed by atoms with Gasteiger partial charge < -0.3 is 15.2 Å². The number of benzene rings is 1. The molecule has 1 aromatic heterocycles. The zero-order chi connectivity index (χ0) is 17.6. The van der Waals surface area contributed by atoms with Crippen LogP contribution in [0.3, 0.4) is 0 Å². The lowest BCUT2D eigenvalue weighted by atomic mass is 10.2. The van der Waals surface area contributed by atoms with Crippen molar-refractivity contribution in [2.45, 2.75) is 45.6 Å². The first-order valence-corrected chi connectivity index (χ1v) is 8.70. The molecule has 0 spiro atoms. The summed E-state index contributed by atoms with van der Waals surface area (Å²) in [7, 11) is 0. The van der Waals surface area contributed by atoms with Crippen molar-refractivity contribution >= 4 is 17.5 Å². The molecule has 2 aromatic rings. The van der Waals surface area contributed by atoms with Crippen LogP contribution in [0.4, 0.5) is 5.69 Å². The van der Waals surface area contributed by atoms with Gasteiger partial charge in [-0.3, -0.25) is 9.59 Å². The molecule has 0 unspecified atom stereocenters. The number of amides is 2. The van der Waals surface area contributed by atoms with Crippen LogP contribution in [0.2, 0.25) is 0 Å². The first kappa shape index (κ1) is 17.1. The molecule has 0 fully saturated rings. The Morgan fingerprint density at radius 2 is 1.92 bits per heavy atom. The van der Waals surface area contributed by atoms with Crippen molar-refractivity contribution in [3.8, 4) is 11.4 Å². The Morgan fingerprint density at radius 3 is 2.68 bits per heavy atom. The molecular weight excluding hydrogens is 318 g/mol. The summed E-state index contributed by atoms with van der Waals surface area (Å²) < 4.78 is 2.20. The zero-order valence-corrected chi connectivity index (χ0v) is 14.4. The fourth-order valence-corrected chi connectivity index (χ4v) is 2.98. The van der Waals surface area contributed by atoms with Crippen LogP contribution in [-0.2, 0) is 22.6 Å². The van der Waals surface area contributed by atoms with Crippen molar-refractivity contribution < 1.29 is 9.59 Å². The highest BCUT2D eigenvalue weighted by Gasteiger charge is 2.15. The quantitative estimate of drug-likeness (QED) is 0.872. The van der Waals surface area contributed by atoms with E-state index in [2.05, 4.69) is 25.4 Å². The van der Waals surface area contributed by atoms with Crippen LogP contribution in [0.1, 0.15) is 38.4 Å². The van der Waals surface area contributed by atoms with Gasteiger partial charge in [0.25, 0.3) is 0 Å². The first-order chi connectivity index (χ1) is 12.1. The predicted octanol–water partition coefficient (Wildman–Crippen LogP) is 2.14. The van der Waals surface area contributed by atoms with Gasteiger partial charge in [-0.25, -0.2) is 0 Å². The van der Waals surface area contributed by atoms with Crippen LogP contribution in [0, 0.1) is 0 Å². The summed E-state index contributed by atoms with van der Waals surface area (Å²) in [5.74, 6) is 1.69. The number of aromatic nitrogens is 3. The molecule has 0 atom stereocenters. The number of carbonyl (C=O) groups is 2. The third kappa shape index (κ3) is 4.43. The molecule has 1 aromatic carbocycles. The van der Waals surface area contributed by atoms with Crippen molar-refractivity contribution in [1.29, 1.82) is 0 Å². The summed E-state index contributed by atoms with van der Waals surface area (Å²) in [5.41, 5.74) is 1.73. The molecule has 2 N–H and O–H groups in total. The second kappa shape index (κ2) is 7.92. The van der Waals surface area contributed by atoms with Crippen LogP contribution in [-0.4, -0.2) is 33.1 Å². The average Bonchev–Trinajstić information content (AvgIpc) is 2.83. The van der Waals surface area contributed by atoms with Gasteiger partial charge in [0.2, 0.25) is 11.8 Å². The lowest BCUT2D eigenvalue weighted by Crippen LogP contribution is -2.25. The highest BCUT2D eigenvalue weighted by molar-refractivity contribution is 5.91. The summed E-state index contributed by atoms with van der Waals surface area (Å²) in [5, 5.41) is 14.1. The number of carbonyl (C=O) groups excluding carboxylic acids is 2. The molecule has 7 heteroatoms. The van der Waals surface area contributed by atoms with Gasteiger partial charge >= 0.3 is 0 Å². The molecule has 7 nitrogen and oxygen atoms in total. The summed E-state index contributed by atoms with van der Waals surface area (Å²) in [4.78, 5) is 22.6. The Bertz CT molecular complexity index is 751. The Balaban J connectivity index is 1.64. The lowest BCUT2D eigenvalue weighted by Gasteiger charge is -2.09. The number of rotatable bonds is 5. The summed E-state index contributed by atoms with van der Waals surface area (Å²) in [6.45, 7) is 2.73. The van der Waals surface area contributed by atoms with Crippen LogP contribution in [0.25, 0.3) is 11.4 Å². The van der Waals surface area contributed by atoms with Gasteiger partial charge in [0.15, 0.2) is 5.82 Å². The van der Waals surface area contributed by atoms with Crippen LogP contribution >= 0.6 is 0 Å². The number of anilines is 1. The van der Waals surface area contributed by atoms with Crippen molar-refractivity contribution in [2.24, 2.45) is 0 Å². The molecule has 25 heavy (non-hydrogen) atoms. The fraction of sp³-hybridized carbons (Fsp3) is 0.444. The summed E-state index contributed by atoms with van der Waals surface area (Å²) in [6, 6.07) is 7.63. The number of nitrogens with zero attached hydrogens (tertiary/aromatic N) is 3. The number of fused-ring (bicyclic) bond motifs is 1. The van der Waals surface area contributed by atoms with E-state index >= 15 is 0 Å². The van der Waals surface area contributed by atoms with E-state index in [9.17, 15) is 9.59 Å². The van der Waals surface area contributed by atoms with Gasteiger partial charge in [0.05, 0.1) is 0 Å². The van der Waals surface area contributed by atoms with E-state index < -0.39 is 0 Å². The minimum Gasteiger partial charge on any atom is -0.356 e. The highest BCUT2D eigenvalue weighted by atomic mass is 16.2. The lowest BCUT2D eigenvalue weighted by molar-refractivity contribution is -0.119. The summed E-state index contributed by atoms with van der Waals surface area (Å²) in [6.07, 6.45) is 4.78. The minimum absolute atomic E-state index is 0.127. The first-order valence-electron chi connectivity index (χ1n) is 8.70. The monoisotopic (exact) mass is 341 g/mol. The van der Waals surface area contributed by atoms with Crippen LogP contribution in [0.15, 0.2) is 24.3 Å². The molecule has 1 aliphatic rings. The van der Waals surface area contributed by atoms with E-state index in [4.69, 9.17) is 0 Å². The molecular formula is C18H23N5O2. The molecule has 0 saturated carbocycles. The Morgan fingerprint density at radius 1 is 1.12 bits per heavy atom. The summed E-state index contributed by atoms with van der Waals surface area (Å²) >= 11 is 0. The SMILES string of the molecule is CC(=O)NCCC(=O)Nc1ccc(-c2nnc3n2CCCCC3)cc1. The molecule has 2 amide bonds. The second-order valence-electron chi connectivity index (χ2n) is 6.26. The predicted molar refractivity (Wildman–Crippen MR) is 94.9 cm³/mol. The van der Waals surface area contributed by atoms with Crippen LogP contribution < -0.4 is 10.6 Å². The largest absolute Gasteiger partial charge is 0.356 e. The third-order valence-corrected chi connectivity index (χ3v) is 4.26. The zero-order valence-electron chi connectivity index (χ0n) is 14.4. The van der Waals surface area contributed by atoms with E-state index in [1.165, 1.54) is 19.8 Å². The maximum Gasteiger partial charge on any atom is 0.226 e. The van der Waals surface area contributed by atoms with Gasteiger partial charge in [-0.15, -0.1) is 10.2 Å². The smallest absolute Gasteiger partial charge is 0.226 e. The molecule has 1 aliphatic heterocycles. The number of hydrogen-bond donors (Lipinski definition) is 2. The number of nitrogens with one attached hydrogen (secondary N) is 2. The van der Waals surface area contributed by atoms with Gasteiger partial charge in [0.1, 0.15) is 5.82 Å². The Hall–Kier alpha value is -2.70. The van der Waals surface area contributed by atoms with Crippen molar-refractivity contribution in [1.82, 2.24) is 20.1 Å². The van der Waals surface area contributed by atoms with E-state index in [0.29, 0.717) is 6.54 Å². The Kier molecular flexibility index (Phi) is 5.42. The average molecular weight is 341 g/mol. The van der Waals surface area contributed by atoms with E-state index in [0.717, 1.165) is 42.3 Å². The highest BCUT2D eigenvalue weighted by Crippen LogP contribution is 2.23. The van der Waals surface area contributed by atoms with Gasteiger partial charge in [-0.2, -0.15) is 0 Å². The molecule has 0 radical (unpaired) electrons. The second-order valence-corrected chi connectivity index (χ2v) is 6.26. The van der Waals surface area contributed by atoms with Gasteiger partial charge in [0, 0.05) is 44.1 Å². The normalized spacial score (nSPS) is 13.6. The standard InChI is InChI=1S/C18H23N5O2/c1-13(24)19-11-10-17(25)20-15-8-6-14(7-9-15)18-22-21-16-5-3-2-4-12-23(16)18/h6-9H,2-5,10-12H2,1H3,(H,19,24)(H,20,25). The van der Waals surface area contributed by atoms with E-state index in [1.54, 1.807) is 0 Å². The van der Waals surface area contributed by atoms with Crippen molar-refractivity contribution in [3.63, 3.8) is 0 Å². The Labute approximate surface area is 146 Å². The minimum atomic E-state index is -0.135. The maximum absolute atomic E-state index is 11.8. The third-order valence-electron chi connectivity index (χ3n) is 4.26. The molecule has 0 saturated heterocycles. The van der Waals surface area contributed by atoms with Gasteiger partial charge in [-0.1, -0.05) is 6.42 Å². The van der Waals surface area contributed by atoms with Crippen molar-refractivity contribution in [2.75, 3.05) is 11.9 Å². The molecule has 0 aliphatic carbocycles. The van der Waals surface area contributed by atoms with Crippen LogP contribution in [0.5, 0.6) is 0 Å². The number of aryl methyl sites for hydroxylation is 1.